The van der Waals surface area contributed by atoms with E-state index >= 15 is 0 Å². The zero-order valence-corrected chi connectivity index (χ0v) is 12.2. The average Bonchev–Trinajstić information content (AvgIpc) is 3.18. The molecule has 3 heteroatoms. The molecule has 0 saturated carbocycles. The van der Waals surface area contributed by atoms with Gasteiger partial charge in [-0.3, -0.25) is 0 Å². The highest BCUT2D eigenvalue weighted by molar-refractivity contribution is 7.17. The number of fused-ring (bicyclic) bond motifs is 1. The van der Waals surface area contributed by atoms with Crippen molar-refractivity contribution >= 4 is 27.1 Å². The third-order valence-electron chi connectivity index (χ3n) is 4.21. The molecule has 1 aliphatic rings. The van der Waals surface area contributed by atoms with Crippen molar-refractivity contribution in [2.75, 3.05) is 11.4 Å². The fourth-order valence-corrected chi connectivity index (χ4v) is 3.98. The summed E-state index contributed by atoms with van der Waals surface area (Å²) in [6.45, 7) is 1.15. The van der Waals surface area contributed by atoms with E-state index < -0.39 is 0 Å². The maximum absolute atomic E-state index is 2.56. The molecule has 4 rings (SSSR count). The predicted octanol–water partition coefficient (Wildman–Crippen LogP) is 4.89. The maximum atomic E-state index is 2.56. The van der Waals surface area contributed by atoms with Gasteiger partial charge in [-0.1, -0.05) is 0 Å². The van der Waals surface area contributed by atoms with Crippen LogP contribution < -0.4 is 4.90 Å². The molecule has 3 aromatic rings. The van der Waals surface area contributed by atoms with E-state index in [-0.39, 0.29) is 0 Å². The first-order valence-electron chi connectivity index (χ1n) is 7.28. The number of aromatic nitrogens is 1. The van der Waals surface area contributed by atoms with Crippen LogP contribution in [0.3, 0.4) is 0 Å². The van der Waals surface area contributed by atoms with Crippen LogP contribution in [-0.4, -0.2) is 11.1 Å². The van der Waals surface area contributed by atoms with E-state index in [0.717, 1.165) is 6.54 Å². The Kier molecular flexibility index (Phi) is 3.00. The van der Waals surface area contributed by atoms with E-state index in [2.05, 4.69) is 63.6 Å². The first-order valence-corrected chi connectivity index (χ1v) is 8.16. The Morgan fingerprint density at radius 3 is 2.85 bits per heavy atom. The summed E-state index contributed by atoms with van der Waals surface area (Å²) in [5.41, 5.74) is 1.36. The van der Waals surface area contributed by atoms with Crippen LogP contribution >= 0.6 is 11.3 Å². The average molecular weight is 282 g/mol. The van der Waals surface area contributed by atoms with Crippen LogP contribution in [0.2, 0.25) is 0 Å². The summed E-state index contributed by atoms with van der Waals surface area (Å²) in [7, 11) is 0. The van der Waals surface area contributed by atoms with Crippen LogP contribution in [0.4, 0.5) is 5.69 Å². The van der Waals surface area contributed by atoms with E-state index in [1.165, 1.54) is 35.0 Å². The van der Waals surface area contributed by atoms with Crippen molar-refractivity contribution < 1.29 is 0 Å². The second kappa shape index (κ2) is 4.98. The first kappa shape index (κ1) is 12.0. The Hall–Kier alpha value is -1.74. The van der Waals surface area contributed by atoms with Crippen molar-refractivity contribution in [2.45, 2.75) is 25.4 Å². The molecule has 3 heterocycles. The molecule has 1 unspecified atom stereocenters. The summed E-state index contributed by atoms with van der Waals surface area (Å²) >= 11 is 1.82. The molecule has 0 bridgehead atoms. The van der Waals surface area contributed by atoms with Crippen molar-refractivity contribution in [3.05, 3.63) is 54.2 Å². The lowest BCUT2D eigenvalue weighted by Crippen LogP contribution is -2.36. The Morgan fingerprint density at radius 2 is 1.95 bits per heavy atom. The lowest BCUT2D eigenvalue weighted by Gasteiger charge is -2.38. The number of nitrogens with zero attached hydrogens (tertiary/aromatic N) is 2. The Balaban J connectivity index is 1.73. The zero-order valence-electron chi connectivity index (χ0n) is 11.4. The quantitative estimate of drug-likeness (QED) is 0.649. The van der Waals surface area contributed by atoms with Gasteiger partial charge in [0.1, 0.15) is 6.17 Å². The molecule has 2 nitrogen and oxygen atoms in total. The summed E-state index contributed by atoms with van der Waals surface area (Å²) in [6.07, 6.45) is 8.68. The molecular formula is C17H18N2S. The van der Waals surface area contributed by atoms with Crippen molar-refractivity contribution in [1.82, 2.24) is 4.57 Å². The summed E-state index contributed by atoms with van der Waals surface area (Å²) in [5, 5.41) is 3.54. The molecule has 1 atom stereocenters. The van der Waals surface area contributed by atoms with Gasteiger partial charge < -0.3 is 9.47 Å². The summed E-state index contributed by atoms with van der Waals surface area (Å²) < 4.78 is 3.72. The topological polar surface area (TPSA) is 8.17 Å². The zero-order chi connectivity index (χ0) is 13.4. The molecule has 0 N–H and O–H groups in total. The predicted molar refractivity (Wildman–Crippen MR) is 86.5 cm³/mol. The number of hydrogen-bond donors (Lipinski definition) is 0. The molecule has 1 aliphatic heterocycles. The van der Waals surface area contributed by atoms with Gasteiger partial charge in [0, 0.05) is 29.3 Å². The minimum absolute atomic E-state index is 0.467. The van der Waals surface area contributed by atoms with Crippen molar-refractivity contribution in [1.29, 1.82) is 0 Å². The molecular weight excluding hydrogens is 264 g/mol. The normalized spacial score (nSPS) is 19.6. The van der Waals surface area contributed by atoms with Crippen LogP contribution in [0.15, 0.2) is 54.2 Å². The van der Waals surface area contributed by atoms with Gasteiger partial charge in [-0.05, 0) is 66.4 Å². The molecule has 0 radical (unpaired) electrons. The van der Waals surface area contributed by atoms with Crippen LogP contribution in [0.5, 0.6) is 0 Å². The fraction of sp³-hybridized carbons (Fsp3) is 0.294. The maximum Gasteiger partial charge on any atom is 0.105 e. The molecule has 0 spiro atoms. The van der Waals surface area contributed by atoms with Crippen LogP contribution in [0.1, 0.15) is 25.4 Å². The number of thiophene rings is 1. The van der Waals surface area contributed by atoms with Crippen LogP contribution in [0.25, 0.3) is 10.1 Å². The summed E-state index contributed by atoms with van der Waals surface area (Å²) in [4.78, 5) is 2.56. The van der Waals surface area contributed by atoms with E-state index in [4.69, 9.17) is 0 Å². The smallest absolute Gasteiger partial charge is 0.105 e. The Labute approximate surface area is 123 Å². The van der Waals surface area contributed by atoms with Gasteiger partial charge in [-0.25, -0.2) is 0 Å². The van der Waals surface area contributed by atoms with Gasteiger partial charge in [0.2, 0.25) is 0 Å². The highest BCUT2D eigenvalue weighted by atomic mass is 32.1. The van der Waals surface area contributed by atoms with E-state index in [1.807, 2.05) is 11.3 Å². The first-order chi connectivity index (χ1) is 9.92. The fourth-order valence-electron chi connectivity index (χ4n) is 3.20. The largest absolute Gasteiger partial charge is 0.351 e. The van der Waals surface area contributed by atoms with Gasteiger partial charge >= 0.3 is 0 Å². The van der Waals surface area contributed by atoms with Gasteiger partial charge in [0.15, 0.2) is 0 Å². The van der Waals surface area contributed by atoms with Crippen molar-refractivity contribution in [3.8, 4) is 0 Å². The minimum atomic E-state index is 0.467. The highest BCUT2D eigenvalue weighted by Crippen LogP contribution is 2.34. The SMILES string of the molecule is c1ccn(C2CCCCN2c2ccc3sccc3c2)c1. The molecule has 1 aromatic carbocycles. The summed E-state index contributed by atoms with van der Waals surface area (Å²) in [6, 6.07) is 13.3. The standard InChI is InChI=1S/C17H18N2S/c1-2-11-19(17(5-1)18-9-3-4-10-18)15-6-7-16-14(13-15)8-12-20-16/h3-4,6-10,12-13,17H,1-2,5,11H2. The van der Waals surface area contributed by atoms with Gasteiger partial charge in [0.05, 0.1) is 0 Å². The van der Waals surface area contributed by atoms with Gasteiger partial charge in [-0.2, -0.15) is 0 Å². The second-order valence-corrected chi connectivity index (χ2v) is 6.39. The van der Waals surface area contributed by atoms with Crippen molar-refractivity contribution in [3.63, 3.8) is 0 Å². The number of anilines is 1. The molecule has 102 valence electrons. The molecule has 1 fully saturated rings. The Morgan fingerprint density at radius 1 is 1.05 bits per heavy atom. The number of hydrogen-bond acceptors (Lipinski definition) is 2. The number of benzene rings is 1. The lowest BCUT2D eigenvalue weighted by atomic mass is 10.1. The third kappa shape index (κ3) is 2.02. The van der Waals surface area contributed by atoms with Crippen LogP contribution in [0, 0.1) is 0 Å². The van der Waals surface area contributed by atoms with E-state index in [0.29, 0.717) is 6.17 Å². The summed E-state index contributed by atoms with van der Waals surface area (Å²) in [5.74, 6) is 0. The van der Waals surface area contributed by atoms with E-state index in [9.17, 15) is 0 Å². The van der Waals surface area contributed by atoms with Crippen molar-refractivity contribution in [2.24, 2.45) is 0 Å². The molecule has 1 saturated heterocycles. The monoisotopic (exact) mass is 282 g/mol. The second-order valence-electron chi connectivity index (χ2n) is 5.44. The molecule has 20 heavy (non-hydrogen) atoms. The number of rotatable bonds is 2. The van der Waals surface area contributed by atoms with Gasteiger partial charge in [0.25, 0.3) is 0 Å². The molecule has 0 aliphatic carbocycles. The molecule has 2 aromatic heterocycles. The number of piperidine rings is 1. The van der Waals surface area contributed by atoms with Crippen LogP contribution in [-0.2, 0) is 0 Å². The highest BCUT2D eigenvalue weighted by Gasteiger charge is 2.23. The Bertz CT molecular complexity index is 699. The third-order valence-corrected chi connectivity index (χ3v) is 5.11. The van der Waals surface area contributed by atoms with Gasteiger partial charge in [-0.15, -0.1) is 11.3 Å². The molecule has 0 amide bonds. The van der Waals surface area contributed by atoms with E-state index in [1.54, 1.807) is 0 Å². The minimum Gasteiger partial charge on any atom is -0.351 e. The lowest BCUT2D eigenvalue weighted by molar-refractivity contribution is 0.376.